The van der Waals surface area contributed by atoms with Crippen LogP contribution in [0.5, 0.6) is 23.0 Å². The van der Waals surface area contributed by atoms with Crippen molar-refractivity contribution in [1.29, 1.82) is 0 Å². The SMILES string of the molecule is COc1cc([O-])cc(C=CC2=NN(c3ccc(C(=O)[O-])cc3)C(C=Cc3cc([O-])cc(OC)c3)C2)c1.[Na+].[Na+].[Na+]. The third-order valence-corrected chi connectivity index (χ3v) is 5.59. The molecular weight excluding hydrogens is 529 g/mol. The summed E-state index contributed by atoms with van der Waals surface area (Å²) in [6, 6.07) is 15.4. The number of methoxy groups -OCH3 is 2. The molecule has 3 aromatic carbocycles. The van der Waals surface area contributed by atoms with Gasteiger partial charge in [0.1, 0.15) is 11.5 Å². The number of benzene rings is 3. The van der Waals surface area contributed by atoms with E-state index in [0.717, 1.165) is 5.71 Å². The van der Waals surface area contributed by atoms with Gasteiger partial charge < -0.3 is 29.6 Å². The normalized spacial score (nSPS) is 14.3. The van der Waals surface area contributed by atoms with Gasteiger partial charge >= 0.3 is 88.7 Å². The molecule has 3 aromatic rings. The maximum Gasteiger partial charge on any atom is 1.00 e. The van der Waals surface area contributed by atoms with E-state index in [4.69, 9.17) is 14.6 Å². The molecule has 39 heavy (non-hydrogen) atoms. The molecule has 4 rings (SSSR count). The van der Waals surface area contributed by atoms with Crippen LogP contribution >= 0.6 is 0 Å². The van der Waals surface area contributed by atoms with Crippen LogP contribution in [0.25, 0.3) is 12.2 Å². The fourth-order valence-electron chi connectivity index (χ4n) is 3.83. The first-order chi connectivity index (χ1) is 17.3. The van der Waals surface area contributed by atoms with Gasteiger partial charge in [0.15, 0.2) is 0 Å². The van der Waals surface area contributed by atoms with Gasteiger partial charge in [-0.1, -0.05) is 42.5 Å². The monoisotopic (exact) mass is 552 g/mol. The van der Waals surface area contributed by atoms with Crippen LogP contribution in [0.1, 0.15) is 27.9 Å². The molecule has 0 fully saturated rings. The minimum Gasteiger partial charge on any atom is -0.872 e. The van der Waals surface area contributed by atoms with Gasteiger partial charge in [-0.3, -0.25) is 5.01 Å². The van der Waals surface area contributed by atoms with Crippen molar-refractivity contribution in [2.45, 2.75) is 12.5 Å². The molecule has 0 spiro atoms. The Hall–Kier alpha value is -1.72. The first kappa shape index (κ1) is 35.3. The number of hydrogen-bond donors (Lipinski definition) is 0. The number of carboxylic acids is 1. The smallest absolute Gasteiger partial charge is 0.872 e. The third-order valence-electron chi connectivity index (χ3n) is 5.59. The molecule has 0 aliphatic carbocycles. The number of carbonyl (C=O) groups is 1. The van der Waals surface area contributed by atoms with E-state index in [1.54, 1.807) is 35.4 Å². The van der Waals surface area contributed by atoms with Gasteiger partial charge in [0, 0.05) is 6.42 Å². The van der Waals surface area contributed by atoms with Crippen molar-refractivity contribution in [3.05, 3.63) is 89.5 Å². The first-order valence-electron chi connectivity index (χ1n) is 11.1. The number of hydrogen-bond acceptors (Lipinski definition) is 8. The van der Waals surface area contributed by atoms with E-state index in [2.05, 4.69) is 0 Å². The summed E-state index contributed by atoms with van der Waals surface area (Å²) in [5.74, 6) is -0.630. The molecule has 0 amide bonds. The summed E-state index contributed by atoms with van der Waals surface area (Å²) in [6.07, 6.45) is 7.90. The van der Waals surface area contributed by atoms with Gasteiger partial charge in [0.25, 0.3) is 0 Å². The fraction of sp³-hybridized carbons (Fsp3) is 0.143. The summed E-state index contributed by atoms with van der Waals surface area (Å²) >= 11 is 0. The molecule has 1 unspecified atom stereocenters. The van der Waals surface area contributed by atoms with Crippen LogP contribution in [0.2, 0.25) is 0 Å². The topological polar surface area (TPSA) is 120 Å². The molecule has 1 aliphatic heterocycles. The molecule has 8 nitrogen and oxygen atoms in total. The largest absolute Gasteiger partial charge is 1.00 e. The Morgan fingerprint density at radius 2 is 1.38 bits per heavy atom. The van der Waals surface area contributed by atoms with E-state index >= 15 is 0 Å². The molecule has 1 aliphatic rings. The summed E-state index contributed by atoms with van der Waals surface area (Å²) in [4.78, 5) is 11.1. The van der Waals surface area contributed by atoms with Crippen molar-refractivity contribution < 1.29 is 118 Å². The van der Waals surface area contributed by atoms with E-state index in [-0.39, 0.29) is 112 Å². The predicted octanol–water partition coefficient (Wildman–Crippen LogP) is -6.41. The minimum absolute atomic E-state index is 0. The number of rotatable bonds is 8. The molecule has 184 valence electrons. The summed E-state index contributed by atoms with van der Waals surface area (Å²) in [5, 5.41) is 41.4. The Bertz CT molecular complexity index is 1360. The van der Waals surface area contributed by atoms with Crippen molar-refractivity contribution in [2.24, 2.45) is 5.10 Å². The average Bonchev–Trinajstić information content (AvgIpc) is 3.28. The number of carboxylic acid groups (broad SMARTS) is 1. The maximum atomic E-state index is 11.9. The Kier molecular flexibility index (Phi) is 15.0. The predicted molar refractivity (Wildman–Crippen MR) is 132 cm³/mol. The number of nitrogens with zero attached hydrogens (tertiary/aromatic N) is 2. The number of allylic oxidation sites excluding steroid dienone is 1. The van der Waals surface area contributed by atoms with Crippen molar-refractivity contribution in [1.82, 2.24) is 0 Å². The Balaban J connectivity index is 0.00000253. The molecule has 0 radical (unpaired) electrons. The zero-order valence-electron chi connectivity index (χ0n) is 22.7. The van der Waals surface area contributed by atoms with E-state index < -0.39 is 5.97 Å². The van der Waals surface area contributed by atoms with Crippen molar-refractivity contribution in [2.75, 3.05) is 19.2 Å². The molecule has 1 heterocycles. The standard InChI is InChI=1S/C28H26N2O6.3Na/c1-35-26-13-18(11-24(31)16-26)3-7-21-15-23(8-4-19-12-25(32)17-27(14-19)36-2)30(29-21)22-9-5-20(6-10-22)28(33)34;;;/h3-14,16-17,23,31-32H,15H2,1-2H3,(H,33,34);;;/q;3*+1/p-3. The van der Waals surface area contributed by atoms with E-state index in [1.807, 2.05) is 18.2 Å². The average molecular weight is 552 g/mol. The van der Waals surface area contributed by atoms with Crippen molar-refractivity contribution in [3.8, 4) is 23.0 Å². The second kappa shape index (κ2) is 16.5. The van der Waals surface area contributed by atoms with Crippen LogP contribution < -0.4 is 118 Å². The van der Waals surface area contributed by atoms with Crippen LogP contribution in [-0.4, -0.2) is 31.9 Å². The van der Waals surface area contributed by atoms with Crippen molar-refractivity contribution >= 4 is 29.5 Å². The number of ether oxygens (including phenoxy) is 2. The molecule has 11 heteroatoms. The van der Waals surface area contributed by atoms with Gasteiger partial charge in [-0.15, -0.1) is 11.5 Å². The summed E-state index contributed by atoms with van der Waals surface area (Å²) < 4.78 is 10.3. The quantitative estimate of drug-likeness (QED) is 0.255. The maximum absolute atomic E-state index is 11.9. The van der Waals surface area contributed by atoms with Crippen LogP contribution in [-0.2, 0) is 0 Å². The van der Waals surface area contributed by atoms with Crippen LogP contribution in [0, 0.1) is 0 Å². The fourth-order valence-corrected chi connectivity index (χ4v) is 3.83. The second-order valence-corrected chi connectivity index (χ2v) is 8.12. The molecule has 1 atom stereocenters. The Morgan fingerprint density at radius 3 is 1.90 bits per heavy atom. The van der Waals surface area contributed by atoms with Gasteiger partial charge in [-0.25, -0.2) is 0 Å². The number of carbonyl (C=O) groups excluding carboxylic acids is 1. The zero-order chi connectivity index (χ0) is 25.7. The Morgan fingerprint density at radius 1 is 0.846 bits per heavy atom. The summed E-state index contributed by atoms with van der Waals surface area (Å²) in [5.41, 5.74) is 2.88. The van der Waals surface area contributed by atoms with E-state index in [1.165, 1.54) is 50.6 Å². The number of anilines is 1. The molecule has 0 aromatic heterocycles. The second-order valence-electron chi connectivity index (χ2n) is 8.12. The van der Waals surface area contributed by atoms with Crippen LogP contribution in [0.15, 0.2) is 77.9 Å². The van der Waals surface area contributed by atoms with E-state index in [9.17, 15) is 20.1 Å². The first-order valence-corrected chi connectivity index (χ1v) is 11.1. The van der Waals surface area contributed by atoms with Crippen LogP contribution in [0.3, 0.4) is 0 Å². The molecule has 0 saturated heterocycles. The molecule has 0 saturated carbocycles. The summed E-state index contributed by atoms with van der Waals surface area (Å²) in [7, 11) is 3.00. The Labute approximate surface area is 293 Å². The van der Waals surface area contributed by atoms with Gasteiger partial charge in [0.05, 0.1) is 37.6 Å². The molecule has 0 N–H and O–H groups in total. The molecular formula is C28H23N2Na3O6. The minimum atomic E-state index is -1.26. The summed E-state index contributed by atoms with van der Waals surface area (Å²) in [6.45, 7) is 0. The third kappa shape index (κ3) is 9.70. The number of aromatic carboxylic acids is 1. The zero-order valence-corrected chi connectivity index (χ0v) is 28.7. The van der Waals surface area contributed by atoms with Crippen molar-refractivity contribution in [3.63, 3.8) is 0 Å². The van der Waals surface area contributed by atoms with Crippen LogP contribution in [0.4, 0.5) is 5.69 Å². The van der Waals surface area contributed by atoms with E-state index in [0.29, 0.717) is 34.7 Å². The van der Waals surface area contributed by atoms with Gasteiger partial charge in [0.2, 0.25) is 0 Å². The van der Waals surface area contributed by atoms with Gasteiger partial charge in [-0.05, 0) is 59.2 Å². The number of hydrazone groups is 1. The molecule has 0 bridgehead atoms. The van der Waals surface area contributed by atoms with Gasteiger partial charge in [-0.2, -0.15) is 5.10 Å².